The number of hydrogen-bond acceptors (Lipinski definition) is 6. The van der Waals surface area contributed by atoms with Crippen LogP contribution in [0.3, 0.4) is 0 Å². The maximum Gasteiger partial charge on any atom is 0.341 e. The third-order valence-corrected chi connectivity index (χ3v) is 5.28. The van der Waals surface area contributed by atoms with Crippen LogP contribution in [0.2, 0.25) is 0 Å². The van der Waals surface area contributed by atoms with E-state index in [4.69, 9.17) is 16.2 Å². The van der Waals surface area contributed by atoms with E-state index < -0.39 is 24.1 Å². The van der Waals surface area contributed by atoms with E-state index >= 15 is 0 Å². The van der Waals surface area contributed by atoms with Crippen molar-refractivity contribution in [2.75, 3.05) is 18.4 Å². The summed E-state index contributed by atoms with van der Waals surface area (Å²) in [5, 5.41) is 9.32. The lowest BCUT2D eigenvalue weighted by molar-refractivity contribution is 0.0242. The molecule has 0 spiro atoms. The number of ether oxygens (including phenoxy) is 1. The number of amides is 4. The van der Waals surface area contributed by atoms with E-state index in [2.05, 4.69) is 15.5 Å². The van der Waals surface area contributed by atoms with Gasteiger partial charge in [-0.1, -0.05) is 0 Å². The quantitative estimate of drug-likeness (QED) is 0.583. The molecule has 1 aliphatic rings. The summed E-state index contributed by atoms with van der Waals surface area (Å²) < 4.78 is 5.59. The normalized spacial score (nSPS) is 17.2. The molecule has 0 aromatic carbocycles. The van der Waals surface area contributed by atoms with Gasteiger partial charge >= 0.3 is 18.0 Å². The molecule has 0 radical (unpaired) electrons. The fraction of sp³-hybridized carbons (Fsp3) is 0.375. The van der Waals surface area contributed by atoms with Gasteiger partial charge in [-0.2, -0.15) is 5.10 Å². The molecule has 3 rings (SSSR count). The molecule has 11 heteroatoms. The van der Waals surface area contributed by atoms with Crippen LogP contribution in [0.4, 0.5) is 14.6 Å². The van der Waals surface area contributed by atoms with Crippen molar-refractivity contribution in [1.82, 2.24) is 15.1 Å². The Labute approximate surface area is 158 Å². The van der Waals surface area contributed by atoms with Crippen LogP contribution in [0, 0.1) is 0 Å². The molecule has 1 fully saturated rings. The van der Waals surface area contributed by atoms with Crippen molar-refractivity contribution in [3.05, 3.63) is 24.0 Å². The molecule has 10 nitrogen and oxygen atoms in total. The highest BCUT2D eigenvalue weighted by Crippen LogP contribution is 2.35. The molecule has 4 amide bonds. The monoisotopic (exact) mass is 392 g/mol. The van der Waals surface area contributed by atoms with Crippen LogP contribution >= 0.6 is 11.3 Å². The summed E-state index contributed by atoms with van der Waals surface area (Å²) in [5.74, 6) is -0.596. The predicted molar refractivity (Wildman–Crippen MR) is 99.3 cm³/mol. The zero-order valence-electron chi connectivity index (χ0n) is 14.4. The number of nitrogens with zero attached hydrogens (tertiary/aromatic N) is 2. The number of rotatable bonds is 4. The topological polar surface area (TPSA) is 156 Å². The number of H-pyrrole nitrogens is 1. The Morgan fingerprint density at radius 1 is 1.33 bits per heavy atom. The summed E-state index contributed by atoms with van der Waals surface area (Å²) in [7, 11) is 0. The van der Waals surface area contributed by atoms with Crippen molar-refractivity contribution in [2.45, 2.75) is 25.4 Å². The number of aromatic nitrogens is 2. The minimum atomic E-state index is -0.779. The van der Waals surface area contributed by atoms with Gasteiger partial charge in [0.1, 0.15) is 11.1 Å². The number of carbonyl (C=O) groups is 3. The van der Waals surface area contributed by atoms with E-state index in [0.717, 1.165) is 23.3 Å². The van der Waals surface area contributed by atoms with Gasteiger partial charge in [0.2, 0.25) is 0 Å². The van der Waals surface area contributed by atoms with Gasteiger partial charge in [0.25, 0.3) is 0 Å². The van der Waals surface area contributed by atoms with E-state index in [1.54, 1.807) is 18.5 Å². The average molecular weight is 392 g/mol. The number of primary amides is 2. The molecule has 3 heterocycles. The number of hydrogen-bond donors (Lipinski definition) is 4. The molecular formula is C16H20N6O4S. The molecule has 0 aliphatic carbocycles. The first-order chi connectivity index (χ1) is 12.9. The molecule has 2 aromatic heterocycles. The fourth-order valence-electron chi connectivity index (χ4n) is 2.89. The van der Waals surface area contributed by atoms with Gasteiger partial charge in [-0.15, -0.1) is 11.3 Å². The van der Waals surface area contributed by atoms with Crippen molar-refractivity contribution in [3.8, 4) is 10.4 Å². The lowest BCUT2D eigenvalue weighted by Crippen LogP contribution is -2.41. The Bertz CT molecular complexity index is 834. The number of nitrogens with one attached hydrogen (secondary N) is 2. The number of likely N-dealkylation sites (tertiary alicyclic amines) is 1. The largest absolute Gasteiger partial charge is 0.457 e. The third-order valence-electron chi connectivity index (χ3n) is 4.18. The van der Waals surface area contributed by atoms with Gasteiger partial charge < -0.3 is 21.1 Å². The van der Waals surface area contributed by atoms with Crippen LogP contribution < -0.4 is 16.8 Å². The Morgan fingerprint density at radius 3 is 2.81 bits per heavy atom. The summed E-state index contributed by atoms with van der Waals surface area (Å²) in [6, 6.07) is 0.303. The number of anilines is 1. The predicted octanol–water partition coefficient (Wildman–Crippen LogP) is 1.72. The highest BCUT2D eigenvalue weighted by atomic mass is 32.1. The smallest absolute Gasteiger partial charge is 0.341 e. The summed E-state index contributed by atoms with van der Waals surface area (Å²) in [6.07, 6.45) is 5.06. The van der Waals surface area contributed by atoms with Gasteiger partial charge in [-0.05, 0) is 25.3 Å². The fourth-order valence-corrected chi connectivity index (χ4v) is 3.92. The molecule has 1 unspecified atom stereocenters. The first kappa shape index (κ1) is 18.7. The number of esters is 1. The highest BCUT2D eigenvalue weighted by molar-refractivity contribution is 7.20. The lowest BCUT2D eigenvalue weighted by Gasteiger charge is -2.22. The molecule has 1 aliphatic heterocycles. The van der Waals surface area contributed by atoms with Gasteiger partial charge in [-0.3, -0.25) is 10.4 Å². The van der Waals surface area contributed by atoms with Crippen molar-refractivity contribution >= 4 is 34.4 Å². The van der Waals surface area contributed by atoms with Crippen LogP contribution in [0.25, 0.3) is 10.4 Å². The van der Waals surface area contributed by atoms with Crippen LogP contribution in [0.1, 0.15) is 29.6 Å². The first-order valence-electron chi connectivity index (χ1n) is 8.39. The number of nitrogens with two attached hydrogens (primary N) is 2. The van der Waals surface area contributed by atoms with Gasteiger partial charge in [0.15, 0.2) is 0 Å². The van der Waals surface area contributed by atoms with E-state index in [1.807, 2.05) is 0 Å². The summed E-state index contributed by atoms with van der Waals surface area (Å²) in [4.78, 5) is 37.7. The second-order valence-electron chi connectivity index (χ2n) is 6.14. The van der Waals surface area contributed by atoms with Gasteiger partial charge in [-0.25, -0.2) is 14.4 Å². The number of urea groups is 2. The zero-order valence-corrected chi connectivity index (χ0v) is 15.3. The Balaban J connectivity index is 1.80. The lowest BCUT2D eigenvalue weighted by atomic mass is 10.2. The summed E-state index contributed by atoms with van der Waals surface area (Å²) >= 11 is 1.19. The molecule has 0 bridgehead atoms. The van der Waals surface area contributed by atoms with Crippen molar-refractivity contribution in [3.63, 3.8) is 0 Å². The van der Waals surface area contributed by atoms with Crippen molar-refractivity contribution < 1.29 is 19.1 Å². The SMILES string of the molecule is NC(=O)Nc1sc(-c2cn[nH]c2)cc1C(=O)OC1CCCCN(C(N)=O)C1. The number of carbonyl (C=O) groups excluding carboxylic acids is 3. The second-order valence-corrected chi connectivity index (χ2v) is 7.19. The average Bonchev–Trinajstić information content (AvgIpc) is 3.20. The van der Waals surface area contributed by atoms with Crippen LogP contribution in [0.15, 0.2) is 18.5 Å². The molecule has 27 heavy (non-hydrogen) atoms. The highest BCUT2D eigenvalue weighted by Gasteiger charge is 2.26. The number of thiophene rings is 1. The van der Waals surface area contributed by atoms with Crippen LogP contribution in [-0.2, 0) is 4.74 Å². The molecular weight excluding hydrogens is 372 g/mol. The second kappa shape index (κ2) is 8.08. The summed E-state index contributed by atoms with van der Waals surface area (Å²) in [5.41, 5.74) is 11.5. The maximum atomic E-state index is 12.7. The Morgan fingerprint density at radius 2 is 2.15 bits per heavy atom. The minimum absolute atomic E-state index is 0.199. The van der Waals surface area contributed by atoms with Gasteiger partial charge in [0, 0.05) is 23.2 Å². The van der Waals surface area contributed by atoms with Crippen molar-refractivity contribution in [2.24, 2.45) is 11.5 Å². The standard InChI is InChI=1S/C16H20N6O4S/c17-15(24)21-13-11(5-12(27-13)9-6-19-20-7-9)14(23)26-10-3-1-2-4-22(8-10)16(18)25/h5-7,10H,1-4,8H2,(H2,18,25)(H,19,20)(H3,17,21,24). The molecule has 1 atom stereocenters. The molecule has 6 N–H and O–H groups in total. The molecule has 1 saturated heterocycles. The summed E-state index contributed by atoms with van der Waals surface area (Å²) in [6.45, 7) is 0.791. The molecule has 144 valence electrons. The Hall–Kier alpha value is -3.08. The zero-order chi connectivity index (χ0) is 19.4. The van der Waals surface area contributed by atoms with Gasteiger partial charge in [0.05, 0.1) is 18.3 Å². The Kier molecular flexibility index (Phi) is 5.60. The van der Waals surface area contributed by atoms with E-state index in [9.17, 15) is 14.4 Å². The first-order valence-corrected chi connectivity index (χ1v) is 9.20. The molecule has 0 saturated carbocycles. The van der Waals surface area contributed by atoms with E-state index in [-0.39, 0.29) is 12.1 Å². The van der Waals surface area contributed by atoms with Crippen LogP contribution in [-0.4, -0.2) is 52.3 Å². The van der Waals surface area contributed by atoms with Crippen molar-refractivity contribution in [1.29, 1.82) is 0 Å². The minimum Gasteiger partial charge on any atom is -0.457 e. The van der Waals surface area contributed by atoms with E-state index in [1.165, 1.54) is 16.2 Å². The van der Waals surface area contributed by atoms with E-state index in [0.29, 0.717) is 18.0 Å². The van der Waals surface area contributed by atoms with Crippen LogP contribution in [0.5, 0.6) is 0 Å². The maximum absolute atomic E-state index is 12.7. The number of aromatic amines is 1. The third kappa shape index (κ3) is 4.56. The molecule has 2 aromatic rings.